The third kappa shape index (κ3) is 3.92. The first-order valence-electron chi connectivity index (χ1n) is 5.51. The van der Waals surface area contributed by atoms with E-state index in [1.165, 1.54) is 11.3 Å². The monoisotopic (exact) mass is 317 g/mol. The Morgan fingerprint density at radius 1 is 1.33 bits per heavy atom. The first-order chi connectivity index (χ1) is 10.1. The summed E-state index contributed by atoms with van der Waals surface area (Å²) in [4.78, 5) is 10.5. The van der Waals surface area contributed by atoms with E-state index in [1.807, 2.05) is 12.1 Å². The lowest BCUT2D eigenvalue weighted by atomic mass is 10.1. The number of nitriles is 2. The lowest BCUT2D eigenvalue weighted by Gasteiger charge is -2.02. The van der Waals surface area contributed by atoms with Gasteiger partial charge in [-0.2, -0.15) is 10.5 Å². The molecule has 0 amide bonds. The van der Waals surface area contributed by atoms with Crippen LogP contribution in [0.25, 0.3) is 0 Å². The van der Waals surface area contributed by atoms with Crippen molar-refractivity contribution < 1.29 is 9.90 Å². The number of carbonyl (C=O) groups is 1. The molecule has 9 heteroatoms. The Morgan fingerprint density at radius 2 is 2.10 bits per heavy atom. The molecule has 0 aliphatic rings. The van der Waals surface area contributed by atoms with Crippen LogP contribution >= 0.6 is 23.1 Å². The molecule has 21 heavy (non-hydrogen) atoms. The highest BCUT2D eigenvalue weighted by atomic mass is 32.2. The van der Waals surface area contributed by atoms with Gasteiger partial charge >= 0.3 is 5.97 Å². The van der Waals surface area contributed by atoms with Gasteiger partial charge < -0.3 is 10.4 Å². The van der Waals surface area contributed by atoms with Gasteiger partial charge in [0, 0.05) is 5.69 Å². The molecule has 0 saturated heterocycles. The number of carboxylic acid groups (broad SMARTS) is 1. The zero-order chi connectivity index (χ0) is 15.2. The standard InChI is InChI=1S/C12H7N5O2S2/c13-4-7-1-2-9(3-8(7)5-14)15-11-16-17-12(21-11)20-6-10(18)19/h1-3H,6H2,(H,15,16)(H,18,19). The summed E-state index contributed by atoms with van der Waals surface area (Å²) in [7, 11) is 0. The zero-order valence-electron chi connectivity index (χ0n) is 10.4. The number of nitrogens with one attached hydrogen (secondary N) is 1. The molecule has 0 aliphatic carbocycles. The lowest BCUT2D eigenvalue weighted by molar-refractivity contribution is -0.133. The van der Waals surface area contributed by atoms with E-state index in [0.29, 0.717) is 20.7 Å². The van der Waals surface area contributed by atoms with Crippen molar-refractivity contribution in [2.75, 3.05) is 11.1 Å². The fourth-order valence-electron chi connectivity index (χ4n) is 1.38. The second kappa shape index (κ2) is 6.70. The number of anilines is 2. The van der Waals surface area contributed by atoms with Crippen molar-refractivity contribution in [3.8, 4) is 12.1 Å². The Hall–Kier alpha value is -2.62. The molecule has 0 saturated carbocycles. The summed E-state index contributed by atoms with van der Waals surface area (Å²) in [5.74, 6) is -1.00. The number of thioether (sulfide) groups is 1. The van der Waals surface area contributed by atoms with Crippen LogP contribution in [0.3, 0.4) is 0 Å². The summed E-state index contributed by atoms with van der Waals surface area (Å²) in [6, 6.07) is 8.63. The zero-order valence-corrected chi connectivity index (χ0v) is 12.0. The number of hydrogen-bond donors (Lipinski definition) is 2. The number of aromatic nitrogens is 2. The van der Waals surface area contributed by atoms with E-state index >= 15 is 0 Å². The van der Waals surface area contributed by atoms with Gasteiger partial charge in [0.15, 0.2) is 4.34 Å². The molecule has 7 nitrogen and oxygen atoms in total. The minimum atomic E-state index is -0.921. The predicted octanol–water partition coefficient (Wildman–Crippen LogP) is 2.20. The second-order valence-corrected chi connectivity index (χ2v) is 5.86. The number of aliphatic carboxylic acids is 1. The highest BCUT2D eigenvalue weighted by Gasteiger charge is 2.08. The third-order valence-electron chi connectivity index (χ3n) is 2.24. The molecule has 0 spiro atoms. The van der Waals surface area contributed by atoms with Crippen LogP contribution < -0.4 is 5.32 Å². The normalized spacial score (nSPS) is 9.62. The van der Waals surface area contributed by atoms with E-state index in [9.17, 15) is 4.79 Å². The molecular weight excluding hydrogens is 310 g/mol. The maximum Gasteiger partial charge on any atom is 0.313 e. The minimum absolute atomic E-state index is 0.0793. The van der Waals surface area contributed by atoms with Crippen molar-refractivity contribution in [3.05, 3.63) is 29.3 Å². The Labute approximate surface area is 127 Å². The van der Waals surface area contributed by atoms with Gasteiger partial charge in [-0.05, 0) is 18.2 Å². The van der Waals surface area contributed by atoms with Crippen molar-refractivity contribution in [2.45, 2.75) is 4.34 Å². The van der Waals surface area contributed by atoms with E-state index in [-0.39, 0.29) is 11.3 Å². The first kappa shape index (κ1) is 14.8. The maximum atomic E-state index is 10.5. The van der Waals surface area contributed by atoms with Crippen LogP contribution in [0.5, 0.6) is 0 Å². The summed E-state index contributed by atoms with van der Waals surface area (Å²) >= 11 is 2.30. The molecule has 0 unspecified atom stereocenters. The quantitative estimate of drug-likeness (QED) is 0.804. The molecule has 1 aromatic heterocycles. The van der Waals surface area contributed by atoms with Gasteiger partial charge in [-0.15, -0.1) is 10.2 Å². The van der Waals surface area contributed by atoms with E-state index in [2.05, 4.69) is 15.5 Å². The Morgan fingerprint density at radius 3 is 2.76 bits per heavy atom. The van der Waals surface area contributed by atoms with Crippen LogP contribution in [-0.2, 0) is 4.79 Å². The largest absolute Gasteiger partial charge is 0.481 e. The number of carboxylic acids is 1. The topological polar surface area (TPSA) is 123 Å². The molecule has 0 bridgehead atoms. The molecule has 2 rings (SSSR count). The van der Waals surface area contributed by atoms with Crippen LogP contribution in [0.1, 0.15) is 11.1 Å². The van der Waals surface area contributed by atoms with Gasteiger partial charge in [0.25, 0.3) is 0 Å². The number of benzene rings is 1. The summed E-state index contributed by atoms with van der Waals surface area (Å²) in [5.41, 5.74) is 1.18. The van der Waals surface area contributed by atoms with Crippen LogP contribution in [0, 0.1) is 22.7 Å². The fourth-order valence-corrected chi connectivity index (χ4v) is 2.87. The maximum absolute atomic E-state index is 10.5. The van der Waals surface area contributed by atoms with Crippen molar-refractivity contribution in [2.24, 2.45) is 0 Å². The second-order valence-electron chi connectivity index (χ2n) is 3.66. The van der Waals surface area contributed by atoms with Gasteiger partial charge in [-0.25, -0.2) is 0 Å². The summed E-state index contributed by atoms with van der Waals surface area (Å²) in [6.07, 6.45) is 0. The van der Waals surface area contributed by atoms with Gasteiger partial charge in [0.05, 0.1) is 16.9 Å². The highest BCUT2D eigenvalue weighted by Crippen LogP contribution is 2.28. The fraction of sp³-hybridized carbons (Fsp3) is 0.0833. The molecule has 0 radical (unpaired) electrons. The molecule has 0 aliphatic heterocycles. The van der Waals surface area contributed by atoms with Crippen molar-refractivity contribution in [3.63, 3.8) is 0 Å². The Bertz CT molecular complexity index is 760. The Kier molecular flexibility index (Phi) is 4.72. The molecular formula is C12H7N5O2S2. The van der Waals surface area contributed by atoms with Crippen LogP contribution in [0.2, 0.25) is 0 Å². The van der Waals surface area contributed by atoms with Gasteiger partial charge in [0.2, 0.25) is 5.13 Å². The lowest BCUT2D eigenvalue weighted by Crippen LogP contribution is -1.96. The average Bonchev–Trinajstić information content (AvgIpc) is 2.92. The van der Waals surface area contributed by atoms with Gasteiger partial charge in [0.1, 0.15) is 12.1 Å². The number of rotatable bonds is 5. The van der Waals surface area contributed by atoms with E-state index in [4.69, 9.17) is 15.6 Å². The van der Waals surface area contributed by atoms with Crippen LogP contribution in [0.15, 0.2) is 22.5 Å². The molecule has 104 valence electrons. The van der Waals surface area contributed by atoms with Crippen molar-refractivity contribution in [1.82, 2.24) is 10.2 Å². The summed E-state index contributed by atoms with van der Waals surface area (Å²) in [6.45, 7) is 0. The Balaban J connectivity index is 2.10. The van der Waals surface area contributed by atoms with E-state index in [1.54, 1.807) is 18.2 Å². The van der Waals surface area contributed by atoms with Gasteiger partial charge in [-0.1, -0.05) is 23.1 Å². The number of hydrogen-bond acceptors (Lipinski definition) is 8. The van der Waals surface area contributed by atoms with Crippen molar-refractivity contribution in [1.29, 1.82) is 10.5 Å². The first-order valence-corrected chi connectivity index (χ1v) is 7.32. The summed E-state index contributed by atoms with van der Waals surface area (Å²) < 4.78 is 0.536. The number of nitrogens with zero attached hydrogens (tertiary/aromatic N) is 4. The molecule has 1 heterocycles. The summed E-state index contributed by atoms with van der Waals surface area (Å²) in [5, 5.41) is 37.6. The SMILES string of the molecule is N#Cc1ccc(Nc2nnc(SCC(=O)O)s2)cc1C#N. The molecule has 0 atom stereocenters. The molecule has 2 N–H and O–H groups in total. The molecule has 2 aromatic rings. The van der Waals surface area contributed by atoms with E-state index < -0.39 is 5.97 Å². The van der Waals surface area contributed by atoms with E-state index in [0.717, 1.165) is 11.8 Å². The van der Waals surface area contributed by atoms with Gasteiger partial charge in [-0.3, -0.25) is 4.79 Å². The third-order valence-corrected chi connectivity index (χ3v) is 4.19. The highest BCUT2D eigenvalue weighted by molar-refractivity contribution is 8.01. The van der Waals surface area contributed by atoms with Crippen LogP contribution in [0.4, 0.5) is 10.8 Å². The predicted molar refractivity (Wildman–Crippen MR) is 77.4 cm³/mol. The average molecular weight is 317 g/mol. The molecule has 0 fully saturated rings. The molecule has 1 aromatic carbocycles. The minimum Gasteiger partial charge on any atom is -0.481 e. The smallest absolute Gasteiger partial charge is 0.313 e. The van der Waals surface area contributed by atoms with Crippen LogP contribution in [-0.4, -0.2) is 27.0 Å². The van der Waals surface area contributed by atoms with Crippen molar-refractivity contribution >= 4 is 39.9 Å².